The van der Waals surface area contributed by atoms with Crippen molar-refractivity contribution >= 4 is 17.6 Å². The predicted octanol–water partition coefficient (Wildman–Crippen LogP) is 4.32. The van der Waals surface area contributed by atoms with Gasteiger partial charge >= 0.3 is 0 Å². The van der Waals surface area contributed by atoms with Gasteiger partial charge in [0, 0.05) is 18.0 Å². The van der Waals surface area contributed by atoms with Gasteiger partial charge in [-0.3, -0.25) is 9.59 Å². The first-order valence-electron chi connectivity index (χ1n) is 9.83. The van der Waals surface area contributed by atoms with E-state index in [0.29, 0.717) is 5.82 Å². The molecule has 2 amide bonds. The minimum Gasteiger partial charge on any atom is -0.274 e. The van der Waals surface area contributed by atoms with Crippen LogP contribution >= 0.6 is 0 Å². The summed E-state index contributed by atoms with van der Waals surface area (Å²) in [7, 11) is 0. The molecule has 0 bridgehead atoms. The summed E-state index contributed by atoms with van der Waals surface area (Å²) >= 11 is 0. The summed E-state index contributed by atoms with van der Waals surface area (Å²) < 4.78 is 0. The van der Waals surface area contributed by atoms with Gasteiger partial charge in [0.05, 0.1) is 11.8 Å². The fraction of sp³-hybridized carbons (Fsp3) is 0.160. The van der Waals surface area contributed by atoms with Crippen LogP contribution in [0.15, 0.2) is 97.2 Å². The summed E-state index contributed by atoms with van der Waals surface area (Å²) in [5, 5.41) is 0. The molecule has 0 saturated carbocycles. The second-order valence-electron chi connectivity index (χ2n) is 7.51. The highest BCUT2D eigenvalue weighted by Crippen LogP contribution is 2.49. The Morgan fingerprint density at radius 1 is 0.621 bits per heavy atom. The maximum absolute atomic E-state index is 13.5. The van der Waals surface area contributed by atoms with Crippen LogP contribution in [0.2, 0.25) is 0 Å². The first-order chi connectivity index (χ1) is 14.3. The zero-order chi connectivity index (χ0) is 19.8. The molecule has 2 aromatic carbocycles. The van der Waals surface area contributed by atoms with E-state index < -0.39 is 11.8 Å². The molecule has 1 fully saturated rings. The van der Waals surface area contributed by atoms with Gasteiger partial charge < -0.3 is 0 Å². The molecular weight excluding hydrogens is 360 g/mol. The number of carbonyl (C=O) groups excluding carboxylic acids is 2. The highest BCUT2D eigenvalue weighted by molar-refractivity contribution is 6.22. The third-order valence-electron chi connectivity index (χ3n) is 5.94. The molecule has 0 radical (unpaired) electrons. The summed E-state index contributed by atoms with van der Waals surface area (Å²) in [6.45, 7) is 0. The third kappa shape index (κ3) is 2.88. The monoisotopic (exact) mass is 380 g/mol. The fourth-order valence-electron chi connectivity index (χ4n) is 4.65. The molecule has 1 aliphatic heterocycles. The maximum Gasteiger partial charge on any atom is 0.239 e. The van der Waals surface area contributed by atoms with Crippen molar-refractivity contribution in [2.24, 2.45) is 11.8 Å². The Labute approximate surface area is 169 Å². The summed E-state index contributed by atoms with van der Waals surface area (Å²) in [6, 6.07) is 25.2. The lowest BCUT2D eigenvalue weighted by Gasteiger charge is -2.32. The van der Waals surface area contributed by atoms with Crippen LogP contribution in [0.3, 0.4) is 0 Å². The third-order valence-corrected chi connectivity index (χ3v) is 5.94. The predicted molar refractivity (Wildman–Crippen MR) is 111 cm³/mol. The van der Waals surface area contributed by atoms with Crippen molar-refractivity contribution in [2.75, 3.05) is 4.90 Å². The van der Waals surface area contributed by atoms with Crippen molar-refractivity contribution in [1.29, 1.82) is 0 Å². The molecule has 0 unspecified atom stereocenters. The lowest BCUT2D eigenvalue weighted by atomic mass is 9.68. The van der Waals surface area contributed by atoms with Crippen LogP contribution in [-0.4, -0.2) is 16.8 Å². The van der Waals surface area contributed by atoms with Crippen LogP contribution in [0, 0.1) is 11.8 Å². The number of allylic oxidation sites excluding steroid dienone is 2. The second kappa shape index (κ2) is 7.13. The van der Waals surface area contributed by atoms with Crippen molar-refractivity contribution in [3.05, 3.63) is 108 Å². The Morgan fingerprint density at radius 2 is 1.10 bits per heavy atom. The van der Waals surface area contributed by atoms with Gasteiger partial charge in [0.15, 0.2) is 0 Å². The molecule has 5 rings (SSSR count). The fourth-order valence-corrected chi connectivity index (χ4v) is 4.65. The number of hydrogen-bond donors (Lipinski definition) is 0. The average Bonchev–Trinajstić information content (AvgIpc) is 3.06. The van der Waals surface area contributed by atoms with Gasteiger partial charge in [-0.2, -0.15) is 0 Å². The number of benzene rings is 2. The smallest absolute Gasteiger partial charge is 0.239 e. The average molecular weight is 380 g/mol. The first kappa shape index (κ1) is 17.6. The van der Waals surface area contributed by atoms with Crippen molar-refractivity contribution in [3.8, 4) is 0 Å². The summed E-state index contributed by atoms with van der Waals surface area (Å²) in [4.78, 5) is 32.6. The Hall–Kier alpha value is -3.53. The van der Waals surface area contributed by atoms with E-state index in [0.717, 1.165) is 11.1 Å². The van der Waals surface area contributed by atoms with E-state index in [4.69, 9.17) is 0 Å². The molecule has 2 aliphatic rings. The van der Waals surface area contributed by atoms with Gasteiger partial charge in [-0.1, -0.05) is 78.9 Å². The van der Waals surface area contributed by atoms with Crippen molar-refractivity contribution in [2.45, 2.75) is 11.8 Å². The molecule has 4 atom stereocenters. The number of rotatable bonds is 3. The molecule has 29 heavy (non-hydrogen) atoms. The van der Waals surface area contributed by atoms with E-state index in [1.54, 1.807) is 24.4 Å². The number of imide groups is 1. The molecule has 0 N–H and O–H groups in total. The molecule has 1 aromatic heterocycles. The standard InChI is InChI=1S/C25H20N2O2/c28-24-22-19(17-9-3-1-4-10-17)14-15-20(18-11-5-2-6-12-18)23(22)25(29)27(24)21-13-7-8-16-26-21/h1-16,19-20,22-23H/t19-,20+,22-,23+. The van der Waals surface area contributed by atoms with Gasteiger partial charge in [0.25, 0.3) is 0 Å². The van der Waals surface area contributed by atoms with Crippen LogP contribution in [0.4, 0.5) is 5.82 Å². The number of fused-ring (bicyclic) bond motifs is 1. The van der Waals surface area contributed by atoms with Crippen LogP contribution in [0.1, 0.15) is 23.0 Å². The van der Waals surface area contributed by atoms with Crippen LogP contribution in [0.25, 0.3) is 0 Å². The Bertz CT molecular complexity index is 996. The van der Waals surface area contributed by atoms with E-state index in [1.165, 1.54) is 4.90 Å². The normalized spacial score (nSPS) is 25.9. The molecule has 4 heteroatoms. The lowest BCUT2D eigenvalue weighted by Crippen LogP contribution is -2.32. The minimum atomic E-state index is -0.442. The van der Waals surface area contributed by atoms with E-state index in [2.05, 4.69) is 17.1 Å². The van der Waals surface area contributed by atoms with E-state index in [-0.39, 0.29) is 23.7 Å². The first-order valence-corrected chi connectivity index (χ1v) is 9.83. The minimum absolute atomic E-state index is 0.133. The number of anilines is 1. The van der Waals surface area contributed by atoms with Crippen LogP contribution in [0.5, 0.6) is 0 Å². The van der Waals surface area contributed by atoms with Crippen molar-refractivity contribution < 1.29 is 9.59 Å². The Balaban J connectivity index is 1.64. The SMILES string of the molecule is O=C1[C@@H]2[C@H](C(=O)N1c1ccccn1)[C@@H](c1ccccc1)C=C[C@H]2c1ccccc1. The highest BCUT2D eigenvalue weighted by atomic mass is 16.2. The summed E-state index contributed by atoms with van der Waals surface area (Å²) in [5.41, 5.74) is 2.10. The number of aromatic nitrogens is 1. The molecule has 1 aliphatic carbocycles. The van der Waals surface area contributed by atoms with E-state index >= 15 is 0 Å². The van der Waals surface area contributed by atoms with Gasteiger partial charge in [0.1, 0.15) is 5.82 Å². The Morgan fingerprint density at radius 3 is 1.55 bits per heavy atom. The van der Waals surface area contributed by atoms with Gasteiger partial charge in [-0.15, -0.1) is 0 Å². The molecular formula is C25H20N2O2. The summed E-state index contributed by atoms with van der Waals surface area (Å²) in [6.07, 6.45) is 5.81. The van der Waals surface area contributed by atoms with Crippen molar-refractivity contribution in [3.63, 3.8) is 0 Å². The van der Waals surface area contributed by atoms with Gasteiger partial charge in [-0.25, -0.2) is 9.88 Å². The molecule has 0 spiro atoms. The Kier molecular flexibility index (Phi) is 4.32. The van der Waals surface area contributed by atoms with Crippen LogP contribution < -0.4 is 4.90 Å². The van der Waals surface area contributed by atoms with Crippen LogP contribution in [-0.2, 0) is 9.59 Å². The molecule has 142 valence electrons. The number of hydrogen-bond acceptors (Lipinski definition) is 3. The topological polar surface area (TPSA) is 50.3 Å². The molecule has 2 heterocycles. The van der Waals surface area contributed by atoms with Crippen molar-refractivity contribution in [1.82, 2.24) is 4.98 Å². The number of carbonyl (C=O) groups is 2. The van der Waals surface area contributed by atoms with E-state index in [9.17, 15) is 9.59 Å². The van der Waals surface area contributed by atoms with E-state index in [1.807, 2.05) is 60.7 Å². The largest absolute Gasteiger partial charge is 0.274 e. The maximum atomic E-state index is 13.5. The second-order valence-corrected chi connectivity index (χ2v) is 7.51. The molecule has 1 saturated heterocycles. The number of amides is 2. The zero-order valence-electron chi connectivity index (χ0n) is 15.8. The quantitative estimate of drug-likeness (QED) is 0.502. The zero-order valence-corrected chi connectivity index (χ0v) is 15.8. The highest BCUT2D eigenvalue weighted by Gasteiger charge is 2.55. The summed E-state index contributed by atoms with van der Waals surface area (Å²) in [5.74, 6) is -1.09. The molecule has 4 nitrogen and oxygen atoms in total. The molecule has 3 aromatic rings. The van der Waals surface area contributed by atoms with Gasteiger partial charge in [-0.05, 0) is 23.3 Å². The van der Waals surface area contributed by atoms with Gasteiger partial charge in [0.2, 0.25) is 11.8 Å². The number of pyridine rings is 1. The number of nitrogens with zero attached hydrogens (tertiary/aromatic N) is 2. The lowest BCUT2D eigenvalue weighted by molar-refractivity contribution is -0.122.